The number of thioether (sulfide) groups is 1. The first-order valence-electron chi connectivity index (χ1n) is 8.72. The van der Waals surface area contributed by atoms with Crippen LogP contribution in [0.2, 0.25) is 10.0 Å². The van der Waals surface area contributed by atoms with Gasteiger partial charge in [-0.1, -0.05) is 48.7 Å². The van der Waals surface area contributed by atoms with Gasteiger partial charge in [0.05, 0.1) is 21.0 Å². The maximum Gasteiger partial charge on any atom is 0.237 e. The minimum Gasteiger partial charge on any atom is -0.326 e. The Hall–Kier alpha value is -1.69. The molecule has 27 heavy (non-hydrogen) atoms. The minimum atomic E-state index is -0.355. The molecular weight excluding hydrogens is 403 g/mol. The first-order chi connectivity index (χ1) is 12.9. The third-order valence-electron chi connectivity index (χ3n) is 3.77. The molecular formula is C20H22Cl2N2O2S. The van der Waals surface area contributed by atoms with Gasteiger partial charge in [-0.05, 0) is 43.7 Å². The van der Waals surface area contributed by atoms with Crippen LogP contribution in [0.3, 0.4) is 0 Å². The van der Waals surface area contributed by atoms with E-state index in [2.05, 4.69) is 10.6 Å². The monoisotopic (exact) mass is 424 g/mol. The van der Waals surface area contributed by atoms with Gasteiger partial charge in [-0.2, -0.15) is 0 Å². The summed E-state index contributed by atoms with van der Waals surface area (Å²) in [5.74, 6) is -0.179. The lowest BCUT2D eigenvalue weighted by Gasteiger charge is -2.14. The molecule has 0 aliphatic carbocycles. The smallest absolute Gasteiger partial charge is 0.237 e. The van der Waals surface area contributed by atoms with Crippen molar-refractivity contribution in [2.24, 2.45) is 0 Å². The van der Waals surface area contributed by atoms with E-state index < -0.39 is 0 Å². The number of amides is 2. The van der Waals surface area contributed by atoms with Gasteiger partial charge in [0.2, 0.25) is 11.8 Å². The summed E-state index contributed by atoms with van der Waals surface area (Å²) in [6.45, 7) is 3.86. The van der Waals surface area contributed by atoms with Crippen molar-refractivity contribution < 1.29 is 9.59 Å². The van der Waals surface area contributed by atoms with Gasteiger partial charge >= 0.3 is 0 Å². The molecule has 0 saturated heterocycles. The van der Waals surface area contributed by atoms with E-state index in [4.69, 9.17) is 23.2 Å². The predicted octanol–water partition coefficient (Wildman–Crippen LogP) is 6.24. The molecule has 7 heteroatoms. The van der Waals surface area contributed by atoms with Crippen molar-refractivity contribution in [1.82, 2.24) is 0 Å². The zero-order chi connectivity index (χ0) is 19.8. The fourth-order valence-electron chi connectivity index (χ4n) is 2.30. The van der Waals surface area contributed by atoms with Crippen molar-refractivity contribution in [3.63, 3.8) is 0 Å². The number of hydrogen-bond acceptors (Lipinski definition) is 3. The lowest BCUT2D eigenvalue weighted by atomic mass is 10.2. The normalized spacial score (nSPS) is 11.7. The van der Waals surface area contributed by atoms with Gasteiger partial charge in [0.15, 0.2) is 0 Å². The number of halogens is 2. The number of hydrogen-bond donors (Lipinski definition) is 2. The van der Waals surface area contributed by atoms with Crippen LogP contribution in [0, 0.1) is 0 Å². The first-order valence-corrected chi connectivity index (χ1v) is 10.4. The molecule has 0 saturated carbocycles. The predicted molar refractivity (Wildman–Crippen MR) is 115 cm³/mol. The van der Waals surface area contributed by atoms with Crippen molar-refractivity contribution in [1.29, 1.82) is 0 Å². The summed E-state index contributed by atoms with van der Waals surface area (Å²) < 4.78 is 0. The van der Waals surface area contributed by atoms with Gasteiger partial charge in [0.1, 0.15) is 0 Å². The molecule has 0 radical (unpaired) electrons. The summed E-state index contributed by atoms with van der Waals surface area (Å²) in [6, 6.07) is 12.6. The maximum absolute atomic E-state index is 12.5. The van der Waals surface area contributed by atoms with Gasteiger partial charge in [0.25, 0.3) is 0 Å². The van der Waals surface area contributed by atoms with E-state index in [0.29, 0.717) is 22.2 Å². The average Bonchev–Trinajstić information content (AvgIpc) is 2.64. The summed E-state index contributed by atoms with van der Waals surface area (Å²) >= 11 is 13.5. The van der Waals surface area contributed by atoms with E-state index >= 15 is 0 Å². The Morgan fingerprint density at radius 3 is 2.59 bits per heavy atom. The molecule has 2 aromatic carbocycles. The van der Waals surface area contributed by atoms with Crippen LogP contribution in [-0.4, -0.2) is 17.1 Å². The maximum atomic E-state index is 12.5. The van der Waals surface area contributed by atoms with Gasteiger partial charge in [-0.3, -0.25) is 9.59 Å². The molecule has 1 unspecified atom stereocenters. The highest BCUT2D eigenvalue weighted by Gasteiger charge is 2.17. The van der Waals surface area contributed by atoms with Gasteiger partial charge in [0, 0.05) is 17.0 Å². The lowest BCUT2D eigenvalue weighted by Crippen LogP contribution is -2.22. The Morgan fingerprint density at radius 2 is 1.85 bits per heavy atom. The zero-order valence-corrected chi connectivity index (χ0v) is 17.5. The standard InChI is InChI=1S/C20H22Cl2N2O2S/c1-3-4-11-18(25)23-14-7-5-8-15(12-14)27-13(2)20(26)24-17-10-6-9-16(21)19(17)22/h5-10,12-13H,3-4,11H2,1-2H3,(H,23,25)(H,24,26). The van der Waals surface area contributed by atoms with Crippen LogP contribution < -0.4 is 10.6 Å². The number of benzene rings is 2. The molecule has 2 aromatic rings. The number of nitrogens with one attached hydrogen (secondary N) is 2. The van der Waals surface area contributed by atoms with Crippen LogP contribution in [0.4, 0.5) is 11.4 Å². The van der Waals surface area contributed by atoms with Gasteiger partial charge < -0.3 is 10.6 Å². The second-order valence-electron chi connectivity index (χ2n) is 6.03. The third kappa shape index (κ3) is 6.76. The van der Waals surface area contributed by atoms with Crippen LogP contribution in [-0.2, 0) is 9.59 Å². The molecule has 4 nitrogen and oxygen atoms in total. The highest BCUT2D eigenvalue weighted by molar-refractivity contribution is 8.00. The molecule has 144 valence electrons. The summed E-state index contributed by atoms with van der Waals surface area (Å²) in [5, 5.41) is 6.04. The molecule has 0 bridgehead atoms. The van der Waals surface area contributed by atoms with Crippen molar-refractivity contribution in [3.8, 4) is 0 Å². The summed E-state index contributed by atoms with van der Waals surface area (Å²) in [4.78, 5) is 25.2. The van der Waals surface area contributed by atoms with Crippen molar-refractivity contribution >= 4 is 58.2 Å². The second-order valence-corrected chi connectivity index (χ2v) is 8.23. The van der Waals surface area contributed by atoms with Gasteiger partial charge in [-0.15, -0.1) is 11.8 Å². The fraction of sp³-hybridized carbons (Fsp3) is 0.300. The molecule has 0 heterocycles. The van der Waals surface area contributed by atoms with E-state index in [1.54, 1.807) is 18.2 Å². The van der Waals surface area contributed by atoms with E-state index in [1.807, 2.05) is 38.1 Å². The van der Waals surface area contributed by atoms with Crippen LogP contribution in [0.25, 0.3) is 0 Å². The highest BCUT2D eigenvalue weighted by Crippen LogP contribution is 2.31. The Kier molecular flexibility index (Phi) is 8.48. The largest absolute Gasteiger partial charge is 0.326 e. The molecule has 0 aliphatic rings. The number of carbonyl (C=O) groups excluding carboxylic acids is 2. The molecule has 0 aromatic heterocycles. The quantitative estimate of drug-likeness (QED) is 0.492. The number of rotatable bonds is 8. The highest BCUT2D eigenvalue weighted by atomic mass is 35.5. The Labute approximate surface area is 174 Å². The topological polar surface area (TPSA) is 58.2 Å². The Balaban J connectivity index is 1.97. The number of carbonyl (C=O) groups is 2. The van der Waals surface area contributed by atoms with Gasteiger partial charge in [-0.25, -0.2) is 0 Å². The lowest BCUT2D eigenvalue weighted by molar-refractivity contribution is -0.116. The van der Waals surface area contributed by atoms with E-state index in [-0.39, 0.29) is 17.1 Å². The Bertz CT molecular complexity index is 814. The van der Waals surface area contributed by atoms with Crippen LogP contribution >= 0.6 is 35.0 Å². The first kappa shape index (κ1) is 21.6. The molecule has 2 amide bonds. The van der Waals surface area contributed by atoms with E-state index in [0.717, 1.165) is 23.4 Å². The van der Waals surface area contributed by atoms with Crippen molar-refractivity contribution in [3.05, 3.63) is 52.5 Å². The zero-order valence-electron chi connectivity index (χ0n) is 15.2. The molecule has 0 spiro atoms. The van der Waals surface area contributed by atoms with Crippen LogP contribution in [0.1, 0.15) is 33.1 Å². The number of anilines is 2. The number of unbranched alkanes of at least 4 members (excludes halogenated alkanes) is 1. The second kappa shape index (κ2) is 10.6. The van der Waals surface area contributed by atoms with E-state index in [1.165, 1.54) is 11.8 Å². The molecule has 0 aliphatic heterocycles. The van der Waals surface area contributed by atoms with Crippen LogP contribution in [0.5, 0.6) is 0 Å². The summed E-state index contributed by atoms with van der Waals surface area (Å²) in [7, 11) is 0. The van der Waals surface area contributed by atoms with E-state index in [9.17, 15) is 9.59 Å². The molecule has 0 fully saturated rings. The summed E-state index contributed by atoms with van der Waals surface area (Å²) in [5.41, 5.74) is 1.21. The average molecular weight is 425 g/mol. The SMILES string of the molecule is CCCCC(=O)Nc1cccc(SC(C)C(=O)Nc2cccc(Cl)c2Cl)c1. The molecule has 1 atom stereocenters. The summed E-state index contributed by atoms with van der Waals surface area (Å²) in [6.07, 6.45) is 2.35. The van der Waals surface area contributed by atoms with Crippen LogP contribution in [0.15, 0.2) is 47.4 Å². The fourth-order valence-corrected chi connectivity index (χ4v) is 3.57. The van der Waals surface area contributed by atoms with Crippen molar-refractivity contribution in [2.75, 3.05) is 10.6 Å². The molecule has 2 rings (SSSR count). The minimum absolute atomic E-state index is 0.000361. The Morgan fingerprint density at radius 1 is 1.11 bits per heavy atom. The molecule has 2 N–H and O–H groups in total. The van der Waals surface area contributed by atoms with Crippen molar-refractivity contribution in [2.45, 2.75) is 43.3 Å². The third-order valence-corrected chi connectivity index (χ3v) is 5.68.